The monoisotopic (exact) mass is 486 g/mol. The molecule has 3 rings (SSSR count). The van der Waals surface area contributed by atoms with Crippen molar-refractivity contribution in [1.29, 1.82) is 0 Å². The zero-order valence-corrected chi connectivity index (χ0v) is 18.8. The van der Waals surface area contributed by atoms with Gasteiger partial charge in [-0.05, 0) is 49.4 Å². The Morgan fingerprint density at radius 3 is 2.35 bits per heavy atom. The number of nitrogens with one attached hydrogen (secondary N) is 1. The normalized spacial score (nSPS) is 15.8. The smallest absolute Gasteiger partial charge is 0.338 e. The topological polar surface area (TPSA) is 102 Å². The number of carbonyl (C=O) groups is 2. The number of hydrogen-bond acceptors (Lipinski definition) is 6. The van der Waals surface area contributed by atoms with E-state index in [0.29, 0.717) is 23.9 Å². The van der Waals surface area contributed by atoms with Gasteiger partial charge in [-0.2, -0.15) is 4.31 Å². The maximum atomic E-state index is 12.6. The van der Waals surface area contributed by atoms with Gasteiger partial charge >= 0.3 is 5.97 Å². The van der Waals surface area contributed by atoms with Crippen LogP contribution in [-0.4, -0.2) is 57.0 Å². The van der Waals surface area contributed by atoms with Crippen molar-refractivity contribution in [3.05, 3.63) is 58.1 Å². The fraction of sp³-hybridized carbons (Fsp3) is 0.300. The lowest BCUT2D eigenvalue weighted by molar-refractivity contribution is -0.123. The molecule has 1 aliphatic rings. The van der Waals surface area contributed by atoms with Crippen LogP contribution in [0.5, 0.6) is 0 Å². The van der Waals surface area contributed by atoms with Gasteiger partial charge in [0.05, 0.1) is 34.4 Å². The van der Waals surface area contributed by atoms with Gasteiger partial charge in [0.1, 0.15) is 0 Å². The van der Waals surface area contributed by atoms with Crippen molar-refractivity contribution >= 4 is 50.8 Å². The average Bonchev–Trinajstić information content (AvgIpc) is 2.76. The number of benzene rings is 2. The number of anilines is 1. The van der Waals surface area contributed by atoms with Gasteiger partial charge in [0, 0.05) is 18.1 Å². The quantitative estimate of drug-likeness (QED) is 0.628. The van der Waals surface area contributed by atoms with E-state index in [1.165, 1.54) is 47.6 Å². The fourth-order valence-corrected chi connectivity index (χ4v) is 4.67. The van der Waals surface area contributed by atoms with E-state index < -0.39 is 28.0 Å². The van der Waals surface area contributed by atoms with Crippen molar-refractivity contribution in [2.24, 2.45) is 0 Å². The van der Waals surface area contributed by atoms with Crippen molar-refractivity contribution in [1.82, 2.24) is 4.31 Å². The molecule has 31 heavy (non-hydrogen) atoms. The summed E-state index contributed by atoms with van der Waals surface area (Å²) in [6.45, 7) is 2.64. The van der Waals surface area contributed by atoms with Crippen LogP contribution in [0.25, 0.3) is 0 Å². The highest BCUT2D eigenvalue weighted by Gasteiger charge is 2.27. The predicted molar refractivity (Wildman–Crippen MR) is 116 cm³/mol. The first-order valence-corrected chi connectivity index (χ1v) is 11.5. The van der Waals surface area contributed by atoms with Gasteiger partial charge in [-0.15, -0.1) is 0 Å². The van der Waals surface area contributed by atoms with Gasteiger partial charge in [-0.1, -0.05) is 23.2 Å². The van der Waals surface area contributed by atoms with E-state index in [4.69, 9.17) is 32.7 Å². The Morgan fingerprint density at radius 2 is 1.74 bits per heavy atom. The van der Waals surface area contributed by atoms with E-state index in [0.717, 1.165) is 0 Å². The van der Waals surface area contributed by atoms with Crippen molar-refractivity contribution in [2.75, 3.05) is 31.6 Å². The predicted octanol–water partition coefficient (Wildman–Crippen LogP) is 3.20. The molecule has 1 aliphatic heterocycles. The Hall–Kier alpha value is -2.17. The van der Waals surface area contributed by atoms with Crippen LogP contribution in [0.4, 0.5) is 5.69 Å². The average molecular weight is 487 g/mol. The van der Waals surface area contributed by atoms with Crippen LogP contribution in [-0.2, 0) is 24.3 Å². The minimum Gasteiger partial charge on any atom is -0.449 e. The largest absolute Gasteiger partial charge is 0.449 e. The van der Waals surface area contributed by atoms with E-state index in [-0.39, 0.29) is 28.6 Å². The maximum Gasteiger partial charge on any atom is 0.338 e. The number of amides is 1. The molecule has 0 spiro atoms. The molecule has 2 aromatic carbocycles. The van der Waals surface area contributed by atoms with Crippen LogP contribution in [0, 0.1) is 0 Å². The first-order valence-electron chi connectivity index (χ1n) is 9.33. The number of esters is 1. The van der Waals surface area contributed by atoms with E-state index in [1.807, 2.05) is 0 Å². The number of ether oxygens (including phenoxy) is 2. The highest BCUT2D eigenvalue weighted by Crippen LogP contribution is 2.25. The molecule has 2 aromatic rings. The molecule has 1 saturated heterocycles. The van der Waals surface area contributed by atoms with Gasteiger partial charge in [-0.25, -0.2) is 13.2 Å². The summed E-state index contributed by atoms with van der Waals surface area (Å²) in [6.07, 6.45) is -1.11. The number of hydrogen-bond donors (Lipinski definition) is 1. The molecule has 0 bridgehead atoms. The van der Waals surface area contributed by atoms with Crippen molar-refractivity contribution in [3.63, 3.8) is 0 Å². The summed E-state index contributed by atoms with van der Waals surface area (Å²) >= 11 is 11.8. The number of sulfonamides is 1. The number of carbonyl (C=O) groups excluding carboxylic acids is 2. The minimum atomic E-state index is -3.67. The zero-order chi connectivity index (χ0) is 22.6. The fourth-order valence-electron chi connectivity index (χ4n) is 2.81. The van der Waals surface area contributed by atoms with Gasteiger partial charge < -0.3 is 14.8 Å². The third-order valence-corrected chi connectivity index (χ3v) is 7.00. The van der Waals surface area contributed by atoms with Crippen LogP contribution in [0.1, 0.15) is 17.3 Å². The number of morpholine rings is 1. The van der Waals surface area contributed by atoms with Crippen LogP contribution < -0.4 is 5.32 Å². The van der Waals surface area contributed by atoms with Gasteiger partial charge in [-0.3, -0.25) is 4.79 Å². The maximum absolute atomic E-state index is 12.6. The van der Waals surface area contributed by atoms with Crippen LogP contribution >= 0.6 is 23.2 Å². The Kier molecular flexibility index (Phi) is 7.55. The first-order chi connectivity index (χ1) is 14.7. The molecule has 1 fully saturated rings. The molecule has 1 unspecified atom stereocenters. The summed E-state index contributed by atoms with van der Waals surface area (Å²) in [5.41, 5.74) is 0.446. The summed E-state index contributed by atoms with van der Waals surface area (Å²) in [5.74, 6) is -1.34. The summed E-state index contributed by atoms with van der Waals surface area (Å²) in [6, 6.07) is 9.92. The standard InChI is InChI=1S/C20H20Cl2N2O6S/c1-13(19(25)23-18-7-4-15(21)12-17(18)22)30-20(26)14-2-5-16(6-3-14)31(27,28)24-8-10-29-11-9-24/h2-7,12-13H,8-11H2,1H3,(H,23,25). The highest BCUT2D eigenvalue weighted by atomic mass is 35.5. The molecule has 1 N–H and O–H groups in total. The number of nitrogens with zero attached hydrogens (tertiary/aromatic N) is 1. The second-order valence-corrected chi connectivity index (χ2v) is 9.48. The van der Waals surface area contributed by atoms with E-state index in [1.54, 1.807) is 6.07 Å². The molecular formula is C20H20Cl2N2O6S. The Morgan fingerprint density at radius 1 is 1.10 bits per heavy atom. The summed E-state index contributed by atoms with van der Waals surface area (Å²) in [4.78, 5) is 24.7. The second-order valence-electron chi connectivity index (χ2n) is 6.70. The molecule has 0 aromatic heterocycles. The summed E-state index contributed by atoms with van der Waals surface area (Å²) < 4.78 is 37.0. The SMILES string of the molecule is CC(OC(=O)c1ccc(S(=O)(=O)N2CCOCC2)cc1)C(=O)Nc1ccc(Cl)cc1Cl. The molecule has 1 amide bonds. The van der Waals surface area contributed by atoms with E-state index in [9.17, 15) is 18.0 Å². The van der Waals surface area contributed by atoms with Crippen LogP contribution in [0.2, 0.25) is 10.0 Å². The third kappa shape index (κ3) is 5.75. The highest BCUT2D eigenvalue weighted by molar-refractivity contribution is 7.89. The van der Waals surface area contributed by atoms with Crippen molar-refractivity contribution < 1.29 is 27.5 Å². The Balaban J connectivity index is 1.62. The molecule has 1 atom stereocenters. The molecule has 8 nitrogen and oxygen atoms in total. The second kappa shape index (κ2) is 9.97. The molecule has 0 radical (unpaired) electrons. The lowest BCUT2D eigenvalue weighted by Gasteiger charge is -2.26. The molecule has 0 saturated carbocycles. The summed E-state index contributed by atoms with van der Waals surface area (Å²) in [7, 11) is -3.67. The van der Waals surface area contributed by atoms with E-state index >= 15 is 0 Å². The van der Waals surface area contributed by atoms with Crippen molar-refractivity contribution in [2.45, 2.75) is 17.9 Å². The van der Waals surface area contributed by atoms with E-state index in [2.05, 4.69) is 5.32 Å². The lowest BCUT2D eigenvalue weighted by Crippen LogP contribution is -2.40. The Labute approximate surface area is 190 Å². The summed E-state index contributed by atoms with van der Waals surface area (Å²) in [5, 5.41) is 3.22. The van der Waals surface area contributed by atoms with Crippen LogP contribution in [0.3, 0.4) is 0 Å². The van der Waals surface area contributed by atoms with Crippen molar-refractivity contribution in [3.8, 4) is 0 Å². The molecule has 1 heterocycles. The molecular weight excluding hydrogens is 467 g/mol. The number of rotatable bonds is 6. The molecule has 0 aliphatic carbocycles. The molecule has 166 valence electrons. The zero-order valence-electron chi connectivity index (χ0n) is 16.5. The molecule has 11 heteroatoms. The van der Waals surface area contributed by atoms with Gasteiger partial charge in [0.25, 0.3) is 5.91 Å². The van der Waals surface area contributed by atoms with Gasteiger partial charge in [0.15, 0.2) is 6.10 Å². The minimum absolute atomic E-state index is 0.0640. The lowest BCUT2D eigenvalue weighted by atomic mass is 10.2. The first kappa shape index (κ1) is 23.5. The van der Waals surface area contributed by atoms with Gasteiger partial charge in [0.2, 0.25) is 10.0 Å². The Bertz CT molecular complexity index is 1070. The number of halogens is 2. The third-order valence-electron chi connectivity index (χ3n) is 4.54. The van der Waals surface area contributed by atoms with Crippen LogP contribution in [0.15, 0.2) is 47.4 Å².